The van der Waals surface area contributed by atoms with Crippen molar-refractivity contribution in [3.8, 4) is 0 Å². The molecule has 1 aromatic heterocycles. The molecule has 1 aliphatic rings. The molecule has 0 fully saturated rings. The normalized spacial score (nSPS) is 16.6. The van der Waals surface area contributed by atoms with Crippen LogP contribution in [0.2, 0.25) is 0 Å². The Labute approximate surface area is 180 Å². The third kappa shape index (κ3) is 4.92. The number of pyridine rings is 1. The Morgan fingerprint density at radius 2 is 1.94 bits per heavy atom. The van der Waals surface area contributed by atoms with Gasteiger partial charge in [-0.2, -0.15) is 0 Å². The zero-order valence-corrected chi connectivity index (χ0v) is 17.7. The van der Waals surface area contributed by atoms with E-state index in [1.165, 1.54) is 22.9 Å². The highest BCUT2D eigenvalue weighted by Gasteiger charge is 2.26. The molecule has 0 bridgehead atoms. The third-order valence-electron chi connectivity index (χ3n) is 4.77. The summed E-state index contributed by atoms with van der Waals surface area (Å²) in [7, 11) is -3.84. The van der Waals surface area contributed by atoms with Crippen LogP contribution in [0.3, 0.4) is 0 Å². The number of carbonyl (C=O) groups is 1. The standard InChI is InChI=1S/C21H23N5O4S/c1-14-15(2)24-20(22)19(17(14)11-23-13-27)26-10-6-9-18(21(26)28)25-31(29,30)12-16-7-4-3-5-8-16/h3-10,13,15,25H,1,11-12H2,2H3,(H2,22,24)(H,23,27). The van der Waals surface area contributed by atoms with Crippen molar-refractivity contribution in [2.45, 2.75) is 18.7 Å². The maximum Gasteiger partial charge on any atom is 0.279 e. The minimum atomic E-state index is -3.84. The van der Waals surface area contributed by atoms with Crippen molar-refractivity contribution in [2.75, 3.05) is 11.3 Å². The van der Waals surface area contributed by atoms with E-state index in [0.717, 1.165) is 0 Å². The molecule has 1 aliphatic heterocycles. The van der Waals surface area contributed by atoms with Crippen LogP contribution >= 0.6 is 0 Å². The van der Waals surface area contributed by atoms with Gasteiger partial charge in [0.1, 0.15) is 11.5 Å². The highest BCUT2D eigenvalue weighted by molar-refractivity contribution is 7.91. The second kappa shape index (κ2) is 9.00. The zero-order chi connectivity index (χ0) is 22.6. The van der Waals surface area contributed by atoms with Gasteiger partial charge in [0.25, 0.3) is 5.56 Å². The lowest BCUT2D eigenvalue weighted by Crippen LogP contribution is -2.36. The number of amides is 1. The molecular formula is C21H23N5O4S. The van der Waals surface area contributed by atoms with Crippen LogP contribution in [-0.2, 0) is 20.6 Å². The van der Waals surface area contributed by atoms with Crippen LogP contribution in [0.4, 0.5) is 5.69 Å². The van der Waals surface area contributed by atoms with Gasteiger partial charge in [-0.25, -0.2) is 8.42 Å². The average Bonchev–Trinajstić information content (AvgIpc) is 2.72. The number of rotatable bonds is 8. The Kier molecular flexibility index (Phi) is 6.40. The smallest absolute Gasteiger partial charge is 0.279 e. The fraction of sp³-hybridized carbons (Fsp3) is 0.190. The van der Waals surface area contributed by atoms with E-state index in [-0.39, 0.29) is 35.6 Å². The molecule has 0 radical (unpaired) electrons. The number of benzene rings is 1. The summed E-state index contributed by atoms with van der Waals surface area (Å²) in [6, 6.07) is 11.2. The van der Waals surface area contributed by atoms with Crippen LogP contribution in [-0.4, -0.2) is 37.8 Å². The van der Waals surface area contributed by atoms with Crippen molar-refractivity contribution in [2.24, 2.45) is 10.7 Å². The predicted octanol–water partition coefficient (Wildman–Crippen LogP) is 1.06. The fourth-order valence-electron chi connectivity index (χ4n) is 3.26. The number of anilines is 1. The molecule has 1 aromatic carbocycles. The monoisotopic (exact) mass is 441 g/mol. The Morgan fingerprint density at radius 3 is 2.61 bits per heavy atom. The van der Waals surface area contributed by atoms with Gasteiger partial charge < -0.3 is 11.1 Å². The van der Waals surface area contributed by atoms with Gasteiger partial charge in [0.05, 0.1) is 17.5 Å². The maximum absolute atomic E-state index is 13.1. The number of nitrogens with two attached hydrogens (primary N) is 1. The van der Waals surface area contributed by atoms with Crippen LogP contribution in [0.5, 0.6) is 0 Å². The van der Waals surface area contributed by atoms with Gasteiger partial charge in [0.15, 0.2) is 0 Å². The predicted molar refractivity (Wildman–Crippen MR) is 121 cm³/mol. The Morgan fingerprint density at radius 1 is 1.23 bits per heavy atom. The lowest BCUT2D eigenvalue weighted by atomic mass is 9.96. The summed E-state index contributed by atoms with van der Waals surface area (Å²) in [4.78, 5) is 28.2. The minimum Gasteiger partial charge on any atom is -0.382 e. The van der Waals surface area contributed by atoms with Gasteiger partial charge in [0.2, 0.25) is 16.4 Å². The van der Waals surface area contributed by atoms with E-state index >= 15 is 0 Å². The average molecular weight is 442 g/mol. The molecular weight excluding hydrogens is 418 g/mol. The van der Waals surface area contributed by atoms with E-state index in [9.17, 15) is 18.0 Å². The Bertz CT molecular complexity index is 1230. The van der Waals surface area contributed by atoms with Crippen LogP contribution in [0.25, 0.3) is 5.70 Å². The van der Waals surface area contributed by atoms with E-state index in [1.54, 1.807) is 37.3 Å². The number of hydrogen-bond acceptors (Lipinski definition) is 6. The highest BCUT2D eigenvalue weighted by Crippen LogP contribution is 2.26. The molecule has 10 heteroatoms. The van der Waals surface area contributed by atoms with Crippen molar-refractivity contribution in [1.29, 1.82) is 0 Å². The van der Waals surface area contributed by atoms with Gasteiger partial charge in [-0.1, -0.05) is 36.9 Å². The van der Waals surface area contributed by atoms with Crippen LogP contribution < -0.4 is 21.3 Å². The summed E-state index contributed by atoms with van der Waals surface area (Å²) < 4.78 is 28.7. The molecule has 162 valence electrons. The molecule has 3 rings (SSSR count). The Hall–Kier alpha value is -3.66. The minimum absolute atomic E-state index is 0.0917. The molecule has 0 saturated heterocycles. The third-order valence-corrected chi connectivity index (χ3v) is 6.01. The van der Waals surface area contributed by atoms with Crippen LogP contribution in [0.15, 0.2) is 76.2 Å². The molecule has 1 unspecified atom stereocenters. The summed E-state index contributed by atoms with van der Waals surface area (Å²) in [5.74, 6) is -0.189. The number of aromatic nitrogens is 1. The number of nitrogens with zero attached hydrogens (tertiary/aromatic N) is 2. The molecule has 2 aromatic rings. The molecule has 1 amide bonds. The van der Waals surface area contributed by atoms with E-state index in [4.69, 9.17) is 5.73 Å². The van der Waals surface area contributed by atoms with Crippen LogP contribution in [0.1, 0.15) is 12.5 Å². The molecule has 1 atom stereocenters. The number of sulfonamides is 1. The van der Waals surface area contributed by atoms with Gasteiger partial charge >= 0.3 is 0 Å². The molecule has 2 heterocycles. The lowest BCUT2D eigenvalue weighted by Gasteiger charge is -2.26. The van der Waals surface area contributed by atoms with E-state index in [0.29, 0.717) is 23.1 Å². The molecule has 31 heavy (non-hydrogen) atoms. The summed E-state index contributed by atoms with van der Waals surface area (Å²) in [6.45, 7) is 5.88. The van der Waals surface area contributed by atoms with Crippen LogP contribution in [0, 0.1) is 0 Å². The van der Waals surface area contributed by atoms with Crippen molar-refractivity contribution in [3.05, 3.63) is 82.3 Å². The number of dihydropyridines is 1. The topological polar surface area (TPSA) is 136 Å². The SMILES string of the molecule is C=C1C(CNC=O)=C(n2cccc(NS(=O)(=O)Cc3ccccc3)c2=O)C(N)=NC1C. The number of amidine groups is 1. The molecule has 0 aliphatic carbocycles. The number of carbonyl (C=O) groups excluding carboxylic acids is 1. The van der Waals surface area contributed by atoms with Gasteiger partial charge in [-0.05, 0) is 30.2 Å². The van der Waals surface area contributed by atoms with Crippen molar-refractivity contribution in [1.82, 2.24) is 9.88 Å². The zero-order valence-electron chi connectivity index (χ0n) is 16.9. The number of nitrogens with one attached hydrogen (secondary N) is 2. The summed E-state index contributed by atoms with van der Waals surface area (Å²) >= 11 is 0. The molecule has 9 nitrogen and oxygen atoms in total. The maximum atomic E-state index is 13.1. The Balaban J connectivity index is 2.02. The van der Waals surface area contributed by atoms with E-state index in [1.807, 2.05) is 0 Å². The number of aliphatic imine (C=N–C) groups is 1. The van der Waals surface area contributed by atoms with Gasteiger partial charge in [0, 0.05) is 18.3 Å². The highest BCUT2D eigenvalue weighted by atomic mass is 32.2. The first-order chi connectivity index (χ1) is 14.7. The van der Waals surface area contributed by atoms with Gasteiger partial charge in [-0.3, -0.25) is 23.9 Å². The first-order valence-electron chi connectivity index (χ1n) is 9.43. The quantitative estimate of drug-likeness (QED) is 0.527. The van der Waals surface area contributed by atoms with Crippen molar-refractivity contribution >= 4 is 33.7 Å². The second-order valence-electron chi connectivity index (χ2n) is 6.99. The van der Waals surface area contributed by atoms with E-state index in [2.05, 4.69) is 21.6 Å². The van der Waals surface area contributed by atoms with Crippen molar-refractivity contribution in [3.63, 3.8) is 0 Å². The summed E-state index contributed by atoms with van der Waals surface area (Å²) in [6.07, 6.45) is 1.99. The second-order valence-corrected chi connectivity index (χ2v) is 8.71. The fourth-order valence-corrected chi connectivity index (χ4v) is 4.46. The summed E-state index contributed by atoms with van der Waals surface area (Å²) in [5.41, 5.74) is 7.33. The van der Waals surface area contributed by atoms with Crippen molar-refractivity contribution < 1.29 is 13.2 Å². The largest absolute Gasteiger partial charge is 0.382 e. The lowest BCUT2D eigenvalue weighted by molar-refractivity contribution is -0.109. The molecule has 4 N–H and O–H groups in total. The number of hydrogen-bond donors (Lipinski definition) is 3. The first kappa shape index (κ1) is 22.0. The molecule has 0 spiro atoms. The summed E-state index contributed by atoms with van der Waals surface area (Å²) in [5, 5.41) is 2.55. The van der Waals surface area contributed by atoms with E-state index < -0.39 is 15.6 Å². The van der Waals surface area contributed by atoms with Gasteiger partial charge in [-0.15, -0.1) is 0 Å². The first-order valence-corrected chi connectivity index (χ1v) is 11.1. The molecule has 0 saturated carbocycles.